The molecular weight excluding hydrogens is 265 g/mol. The lowest BCUT2D eigenvalue weighted by atomic mass is 10.2. The van der Waals surface area contributed by atoms with Gasteiger partial charge in [0.25, 0.3) is 0 Å². The molecule has 1 aromatic carbocycles. The number of nitrogens with one attached hydrogen (secondary N) is 1. The predicted octanol–water partition coefficient (Wildman–Crippen LogP) is 3.57. The quantitative estimate of drug-likeness (QED) is 0.906. The smallest absolute Gasteiger partial charge is 0.137 e. The molecular formula is C10H9BrClNO. The van der Waals surface area contributed by atoms with Crippen molar-refractivity contribution in [3.05, 3.63) is 33.5 Å². The summed E-state index contributed by atoms with van der Waals surface area (Å²) in [5.74, 6) is 0.780. The third kappa shape index (κ3) is 1.67. The van der Waals surface area contributed by atoms with Crippen molar-refractivity contribution in [3.8, 4) is 0 Å². The zero-order chi connectivity index (χ0) is 10.1. The van der Waals surface area contributed by atoms with E-state index in [1.807, 2.05) is 25.2 Å². The van der Waals surface area contributed by atoms with Crippen molar-refractivity contribution in [1.29, 1.82) is 0 Å². The van der Waals surface area contributed by atoms with Crippen LogP contribution in [0.4, 0.5) is 0 Å². The van der Waals surface area contributed by atoms with E-state index in [-0.39, 0.29) is 0 Å². The lowest BCUT2D eigenvalue weighted by molar-refractivity contribution is 0.531. The summed E-state index contributed by atoms with van der Waals surface area (Å²) in [6.07, 6.45) is 0. The van der Waals surface area contributed by atoms with Crippen molar-refractivity contribution in [2.24, 2.45) is 0 Å². The van der Waals surface area contributed by atoms with Crippen molar-refractivity contribution in [2.75, 3.05) is 7.05 Å². The van der Waals surface area contributed by atoms with Crippen molar-refractivity contribution < 1.29 is 4.42 Å². The van der Waals surface area contributed by atoms with E-state index in [2.05, 4.69) is 21.2 Å². The molecule has 2 nitrogen and oxygen atoms in total. The third-order valence-corrected chi connectivity index (χ3v) is 2.90. The van der Waals surface area contributed by atoms with Gasteiger partial charge in [-0.15, -0.1) is 0 Å². The summed E-state index contributed by atoms with van der Waals surface area (Å²) in [6.45, 7) is 0.644. The summed E-state index contributed by atoms with van der Waals surface area (Å²) in [5, 5.41) is 4.65. The Morgan fingerprint density at radius 1 is 1.50 bits per heavy atom. The summed E-state index contributed by atoms with van der Waals surface area (Å²) in [4.78, 5) is 0. The monoisotopic (exact) mass is 273 g/mol. The van der Waals surface area contributed by atoms with Crippen LogP contribution in [0, 0.1) is 0 Å². The molecule has 0 bridgehead atoms. The van der Waals surface area contributed by atoms with Crippen LogP contribution in [0.1, 0.15) is 5.76 Å². The first-order valence-electron chi connectivity index (χ1n) is 4.23. The van der Waals surface area contributed by atoms with Crippen LogP contribution in [-0.4, -0.2) is 7.05 Å². The van der Waals surface area contributed by atoms with Crippen LogP contribution in [0.25, 0.3) is 11.0 Å². The number of rotatable bonds is 2. The molecule has 14 heavy (non-hydrogen) atoms. The fraction of sp³-hybridized carbons (Fsp3) is 0.200. The van der Waals surface area contributed by atoms with Crippen LogP contribution in [-0.2, 0) is 6.54 Å². The molecule has 0 atom stereocenters. The number of hydrogen-bond acceptors (Lipinski definition) is 2. The Kier molecular flexibility index (Phi) is 2.81. The first-order valence-corrected chi connectivity index (χ1v) is 5.40. The lowest BCUT2D eigenvalue weighted by Crippen LogP contribution is -2.03. The van der Waals surface area contributed by atoms with Gasteiger partial charge in [0, 0.05) is 9.86 Å². The second kappa shape index (κ2) is 3.93. The van der Waals surface area contributed by atoms with E-state index in [9.17, 15) is 0 Å². The molecule has 0 saturated carbocycles. The Hall–Kier alpha value is -0.510. The SMILES string of the molecule is CNCc1oc2ccc(Br)cc2c1Cl. The second-order valence-electron chi connectivity index (χ2n) is 3.01. The average molecular weight is 275 g/mol. The minimum Gasteiger partial charge on any atom is -0.458 e. The fourth-order valence-electron chi connectivity index (χ4n) is 1.36. The van der Waals surface area contributed by atoms with Crippen LogP contribution in [0.5, 0.6) is 0 Å². The zero-order valence-corrected chi connectivity index (χ0v) is 9.95. The molecule has 0 fully saturated rings. The van der Waals surface area contributed by atoms with Crippen LogP contribution >= 0.6 is 27.5 Å². The number of hydrogen-bond donors (Lipinski definition) is 1. The molecule has 74 valence electrons. The zero-order valence-electron chi connectivity index (χ0n) is 7.60. The molecule has 1 heterocycles. The van der Waals surface area contributed by atoms with Crippen LogP contribution in [0.3, 0.4) is 0 Å². The van der Waals surface area contributed by atoms with E-state index in [1.54, 1.807) is 0 Å². The van der Waals surface area contributed by atoms with Crippen LogP contribution in [0.2, 0.25) is 5.02 Å². The van der Waals surface area contributed by atoms with Crippen molar-refractivity contribution in [1.82, 2.24) is 5.32 Å². The highest BCUT2D eigenvalue weighted by molar-refractivity contribution is 9.10. The maximum atomic E-state index is 6.15. The van der Waals surface area contributed by atoms with Gasteiger partial charge >= 0.3 is 0 Å². The topological polar surface area (TPSA) is 25.2 Å². The molecule has 2 aromatic rings. The predicted molar refractivity (Wildman–Crippen MR) is 61.7 cm³/mol. The maximum absolute atomic E-state index is 6.15. The summed E-state index contributed by atoms with van der Waals surface area (Å²) >= 11 is 9.55. The summed E-state index contributed by atoms with van der Waals surface area (Å²) < 4.78 is 6.58. The lowest BCUT2D eigenvalue weighted by Gasteiger charge is -1.92. The molecule has 2 rings (SSSR count). The molecule has 0 amide bonds. The molecule has 1 N–H and O–H groups in total. The second-order valence-corrected chi connectivity index (χ2v) is 4.30. The number of furan rings is 1. The Balaban J connectivity index is 2.62. The van der Waals surface area contributed by atoms with E-state index < -0.39 is 0 Å². The molecule has 0 radical (unpaired) electrons. The Bertz CT molecular complexity index is 466. The maximum Gasteiger partial charge on any atom is 0.137 e. The van der Waals surface area contributed by atoms with E-state index >= 15 is 0 Å². The standard InChI is InChI=1S/C10H9BrClNO/c1-13-5-9-10(12)7-4-6(11)2-3-8(7)14-9/h2-4,13H,5H2,1H3. The van der Waals surface area contributed by atoms with Gasteiger partial charge in [-0.2, -0.15) is 0 Å². The normalized spacial score (nSPS) is 11.1. The highest BCUT2D eigenvalue weighted by Crippen LogP contribution is 2.32. The minimum absolute atomic E-state index is 0.644. The highest BCUT2D eigenvalue weighted by Gasteiger charge is 2.11. The van der Waals surface area contributed by atoms with E-state index in [0.29, 0.717) is 11.6 Å². The van der Waals surface area contributed by atoms with Gasteiger partial charge in [-0.1, -0.05) is 27.5 Å². The van der Waals surface area contributed by atoms with Crippen molar-refractivity contribution >= 4 is 38.5 Å². The number of halogens is 2. The number of fused-ring (bicyclic) bond motifs is 1. The molecule has 0 unspecified atom stereocenters. The van der Waals surface area contributed by atoms with Gasteiger partial charge < -0.3 is 9.73 Å². The van der Waals surface area contributed by atoms with Crippen LogP contribution < -0.4 is 5.32 Å². The van der Waals surface area contributed by atoms with E-state index in [4.69, 9.17) is 16.0 Å². The fourth-order valence-corrected chi connectivity index (χ4v) is 1.98. The number of benzene rings is 1. The molecule has 0 aliphatic carbocycles. The van der Waals surface area contributed by atoms with Gasteiger partial charge in [0.2, 0.25) is 0 Å². The molecule has 0 saturated heterocycles. The molecule has 0 aliphatic heterocycles. The van der Waals surface area contributed by atoms with Gasteiger partial charge in [0.1, 0.15) is 11.3 Å². The van der Waals surface area contributed by atoms with E-state index in [1.165, 1.54) is 0 Å². The van der Waals surface area contributed by atoms with E-state index in [0.717, 1.165) is 21.2 Å². The van der Waals surface area contributed by atoms with Crippen molar-refractivity contribution in [3.63, 3.8) is 0 Å². The Labute approximate surface area is 95.4 Å². The third-order valence-electron chi connectivity index (χ3n) is 1.99. The molecule has 0 spiro atoms. The molecule has 1 aromatic heterocycles. The Morgan fingerprint density at radius 3 is 3.00 bits per heavy atom. The van der Waals surface area contributed by atoms with Gasteiger partial charge in [0.15, 0.2) is 0 Å². The molecule has 4 heteroatoms. The Morgan fingerprint density at radius 2 is 2.29 bits per heavy atom. The largest absolute Gasteiger partial charge is 0.458 e. The van der Waals surface area contributed by atoms with Gasteiger partial charge in [-0.05, 0) is 25.2 Å². The first kappa shape index (κ1) is 10.0. The summed E-state index contributed by atoms with van der Waals surface area (Å²) in [7, 11) is 1.86. The minimum atomic E-state index is 0.644. The summed E-state index contributed by atoms with van der Waals surface area (Å²) in [5.41, 5.74) is 0.823. The van der Waals surface area contributed by atoms with Crippen molar-refractivity contribution in [2.45, 2.75) is 6.54 Å². The van der Waals surface area contributed by atoms with Gasteiger partial charge in [0.05, 0.1) is 11.6 Å². The van der Waals surface area contributed by atoms with Crippen LogP contribution in [0.15, 0.2) is 27.1 Å². The summed E-state index contributed by atoms with van der Waals surface area (Å²) in [6, 6.07) is 5.80. The van der Waals surface area contributed by atoms with Gasteiger partial charge in [-0.3, -0.25) is 0 Å². The average Bonchev–Trinajstić information content (AvgIpc) is 2.46. The first-order chi connectivity index (χ1) is 6.72. The van der Waals surface area contributed by atoms with Gasteiger partial charge in [-0.25, -0.2) is 0 Å². The molecule has 0 aliphatic rings. The highest BCUT2D eigenvalue weighted by atomic mass is 79.9.